The number of nitrogens with zero attached hydrogens (tertiary/aromatic N) is 2. The predicted molar refractivity (Wildman–Crippen MR) is 101 cm³/mol. The van der Waals surface area contributed by atoms with Gasteiger partial charge in [0.1, 0.15) is 0 Å². The van der Waals surface area contributed by atoms with Crippen LogP contribution in [0.1, 0.15) is 5.56 Å². The van der Waals surface area contributed by atoms with Gasteiger partial charge in [-0.2, -0.15) is 0 Å². The number of rotatable bonds is 3. The average Bonchev–Trinajstić information content (AvgIpc) is 3.10. The minimum absolute atomic E-state index is 0. The molecule has 0 aliphatic carbocycles. The summed E-state index contributed by atoms with van der Waals surface area (Å²) in [5.74, 6) is 0. The maximum atomic E-state index is 3.82. The van der Waals surface area contributed by atoms with Gasteiger partial charge >= 0.3 is 0 Å². The van der Waals surface area contributed by atoms with Crippen LogP contribution in [0.5, 0.6) is 0 Å². The first-order valence-electron chi connectivity index (χ1n) is 6.72. The summed E-state index contributed by atoms with van der Waals surface area (Å²) in [5.41, 5.74) is 3.66. The summed E-state index contributed by atoms with van der Waals surface area (Å²) in [4.78, 5) is 3.78. The molecule has 0 bridgehead atoms. The standard InChI is InChI=1S/C14H12.C5H6N2.BH3/c1-2-12-8-6-7-11-14(12)13-9-4-3-5-10-13;1-2-7-4-3-6-5-7;/h2-11H,1H2;2-5H,1H2;1H3. The van der Waals surface area contributed by atoms with Crippen LogP contribution in [0.15, 0.2) is 86.5 Å². The summed E-state index contributed by atoms with van der Waals surface area (Å²) >= 11 is 0. The zero-order chi connectivity index (χ0) is 14.9. The molecule has 0 aliphatic heterocycles. The van der Waals surface area contributed by atoms with Gasteiger partial charge in [-0.1, -0.05) is 73.8 Å². The molecule has 2 nitrogen and oxygen atoms in total. The number of aromatic nitrogens is 2. The van der Waals surface area contributed by atoms with Crippen LogP contribution in [0, 0.1) is 0 Å². The van der Waals surface area contributed by atoms with Gasteiger partial charge in [0.2, 0.25) is 0 Å². The monoisotopic (exact) mass is 288 g/mol. The number of imidazole rings is 1. The van der Waals surface area contributed by atoms with Gasteiger partial charge in [-0.3, -0.25) is 0 Å². The second kappa shape index (κ2) is 9.19. The second-order valence-electron chi connectivity index (χ2n) is 4.35. The van der Waals surface area contributed by atoms with Gasteiger partial charge in [0.25, 0.3) is 0 Å². The van der Waals surface area contributed by atoms with E-state index in [9.17, 15) is 0 Å². The highest BCUT2D eigenvalue weighted by molar-refractivity contribution is 5.75. The highest BCUT2D eigenvalue weighted by atomic mass is 15.0. The summed E-state index contributed by atoms with van der Waals surface area (Å²) in [6, 6.07) is 18.6. The first kappa shape index (κ1) is 17.2. The molecule has 0 saturated heterocycles. The van der Waals surface area contributed by atoms with E-state index < -0.39 is 0 Å². The van der Waals surface area contributed by atoms with Crippen LogP contribution in [0.3, 0.4) is 0 Å². The predicted octanol–water partition coefficient (Wildman–Crippen LogP) is 3.80. The third kappa shape index (κ3) is 4.63. The summed E-state index contributed by atoms with van der Waals surface area (Å²) in [5, 5.41) is 0. The molecule has 3 heteroatoms. The molecular formula is C19H21BN2. The van der Waals surface area contributed by atoms with Crippen molar-refractivity contribution in [3.8, 4) is 11.1 Å². The average molecular weight is 288 g/mol. The van der Waals surface area contributed by atoms with E-state index in [1.165, 1.54) is 16.7 Å². The molecule has 1 heterocycles. The molecule has 0 unspecified atom stereocenters. The third-order valence-corrected chi connectivity index (χ3v) is 3.00. The minimum Gasteiger partial charge on any atom is -0.314 e. The van der Waals surface area contributed by atoms with E-state index in [-0.39, 0.29) is 8.41 Å². The summed E-state index contributed by atoms with van der Waals surface area (Å²) in [6.45, 7) is 7.34. The van der Waals surface area contributed by atoms with Crippen molar-refractivity contribution in [3.05, 3.63) is 92.0 Å². The molecular weight excluding hydrogens is 267 g/mol. The minimum atomic E-state index is 0. The van der Waals surface area contributed by atoms with Crippen LogP contribution in [0.2, 0.25) is 0 Å². The van der Waals surface area contributed by atoms with Crippen LogP contribution < -0.4 is 0 Å². The summed E-state index contributed by atoms with van der Waals surface area (Å²) in [6.07, 6.45) is 8.80. The van der Waals surface area contributed by atoms with Gasteiger partial charge in [0.15, 0.2) is 0 Å². The number of hydrogen-bond acceptors (Lipinski definition) is 1. The zero-order valence-electron chi connectivity index (χ0n) is 11.9. The Labute approximate surface area is 134 Å². The van der Waals surface area contributed by atoms with Gasteiger partial charge < -0.3 is 4.57 Å². The smallest absolute Gasteiger partial charge is 0.0986 e. The molecule has 0 aliphatic rings. The van der Waals surface area contributed by atoms with Crippen molar-refractivity contribution < 1.29 is 0 Å². The molecule has 0 atom stereocenters. The molecule has 0 amide bonds. The van der Waals surface area contributed by atoms with Crippen LogP contribution >= 0.6 is 0 Å². The molecule has 0 saturated carbocycles. The lowest BCUT2D eigenvalue weighted by molar-refractivity contribution is 1.14. The molecule has 0 N–H and O–H groups in total. The van der Waals surface area contributed by atoms with Crippen molar-refractivity contribution in [3.63, 3.8) is 0 Å². The molecule has 0 radical (unpaired) electrons. The highest BCUT2D eigenvalue weighted by Gasteiger charge is 1.99. The van der Waals surface area contributed by atoms with Gasteiger partial charge in [-0.05, 0) is 16.7 Å². The third-order valence-electron chi connectivity index (χ3n) is 3.00. The molecule has 22 heavy (non-hydrogen) atoms. The van der Waals surface area contributed by atoms with Gasteiger partial charge in [0.05, 0.1) is 14.7 Å². The fourth-order valence-corrected chi connectivity index (χ4v) is 1.93. The summed E-state index contributed by atoms with van der Waals surface area (Å²) < 4.78 is 1.78. The quantitative estimate of drug-likeness (QED) is 0.670. The number of hydrogen-bond donors (Lipinski definition) is 0. The largest absolute Gasteiger partial charge is 0.314 e. The SMILES string of the molecule is B.C=Cc1ccccc1-c1ccccc1.C=Cn1ccnc1. The van der Waals surface area contributed by atoms with Crippen LogP contribution in [-0.4, -0.2) is 18.0 Å². The van der Waals surface area contributed by atoms with E-state index in [2.05, 4.69) is 60.6 Å². The topological polar surface area (TPSA) is 17.8 Å². The van der Waals surface area contributed by atoms with Gasteiger partial charge in [0, 0.05) is 18.6 Å². The summed E-state index contributed by atoms with van der Waals surface area (Å²) in [7, 11) is 0. The Hall–Kier alpha value is -2.81. The lowest BCUT2D eigenvalue weighted by atomic mass is 10.00. The number of benzene rings is 2. The Morgan fingerprint density at radius 3 is 2.14 bits per heavy atom. The van der Waals surface area contributed by atoms with E-state index in [1.807, 2.05) is 24.4 Å². The Bertz CT molecular complexity index is 688. The normalized spacial score (nSPS) is 8.91. The fraction of sp³-hybridized carbons (Fsp3) is 0. The van der Waals surface area contributed by atoms with Crippen molar-refractivity contribution in [1.82, 2.24) is 9.55 Å². The second-order valence-corrected chi connectivity index (χ2v) is 4.35. The first-order chi connectivity index (χ1) is 10.3. The Morgan fingerprint density at radius 2 is 1.59 bits per heavy atom. The highest BCUT2D eigenvalue weighted by Crippen LogP contribution is 2.23. The molecule has 3 rings (SSSR count). The van der Waals surface area contributed by atoms with Crippen molar-refractivity contribution >= 4 is 20.7 Å². The molecule has 0 fully saturated rings. The first-order valence-corrected chi connectivity index (χ1v) is 6.72. The van der Waals surface area contributed by atoms with Crippen molar-refractivity contribution in [1.29, 1.82) is 0 Å². The molecule has 2 aromatic carbocycles. The Morgan fingerprint density at radius 1 is 0.909 bits per heavy atom. The van der Waals surface area contributed by atoms with Crippen LogP contribution in [0.25, 0.3) is 23.4 Å². The Balaban J connectivity index is 0.000000258. The molecule has 3 aromatic rings. The maximum Gasteiger partial charge on any atom is 0.0986 e. The Kier molecular flexibility index (Phi) is 7.20. The van der Waals surface area contributed by atoms with E-state index >= 15 is 0 Å². The van der Waals surface area contributed by atoms with E-state index in [1.54, 1.807) is 23.3 Å². The zero-order valence-corrected chi connectivity index (χ0v) is 11.9. The van der Waals surface area contributed by atoms with Gasteiger partial charge in [-0.25, -0.2) is 4.98 Å². The molecule has 110 valence electrons. The van der Waals surface area contributed by atoms with Crippen molar-refractivity contribution in [2.24, 2.45) is 0 Å². The lowest BCUT2D eigenvalue weighted by Crippen LogP contribution is -1.81. The van der Waals surface area contributed by atoms with Crippen molar-refractivity contribution in [2.45, 2.75) is 0 Å². The van der Waals surface area contributed by atoms with E-state index in [4.69, 9.17) is 0 Å². The van der Waals surface area contributed by atoms with Crippen LogP contribution in [0.4, 0.5) is 0 Å². The maximum absolute atomic E-state index is 3.82. The van der Waals surface area contributed by atoms with E-state index in [0.29, 0.717) is 0 Å². The van der Waals surface area contributed by atoms with Crippen molar-refractivity contribution in [2.75, 3.05) is 0 Å². The van der Waals surface area contributed by atoms with Crippen LogP contribution in [-0.2, 0) is 0 Å². The fourth-order valence-electron chi connectivity index (χ4n) is 1.93. The molecule has 0 spiro atoms. The lowest BCUT2D eigenvalue weighted by Gasteiger charge is -2.04. The molecule has 1 aromatic heterocycles. The van der Waals surface area contributed by atoms with E-state index in [0.717, 1.165) is 0 Å². The van der Waals surface area contributed by atoms with Gasteiger partial charge in [-0.15, -0.1) is 0 Å².